The summed E-state index contributed by atoms with van der Waals surface area (Å²) in [7, 11) is -3.96. The maximum absolute atomic E-state index is 11.3. The van der Waals surface area contributed by atoms with Crippen molar-refractivity contribution in [3.05, 3.63) is 6.07 Å². The van der Waals surface area contributed by atoms with Gasteiger partial charge in [0.25, 0.3) is 0 Å². The molecule has 1 aromatic rings. The number of likely N-dealkylation sites (tertiary alicyclic amines) is 1. The van der Waals surface area contributed by atoms with E-state index in [0.717, 1.165) is 43.7 Å². The zero-order chi connectivity index (χ0) is 28.0. The molecule has 2 atom stereocenters. The Morgan fingerprint density at radius 1 is 0.875 bits per heavy atom. The number of nitrogens with two attached hydrogens (primary N) is 1. The van der Waals surface area contributed by atoms with Crippen molar-refractivity contribution >= 4 is 25.2 Å². The average molecular weight is 577 g/mol. The Hall–Kier alpha value is -1.41. The van der Waals surface area contributed by atoms with Crippen LogP contribution >= 0.6 is 7.60 Å². The van der Waals surface area contributed by atoms with E-state index in [1.54, 1.807) is 0 Å². The van der Waals surface area contributed by atoms with E-state index in [-0.39, 0.29) is 6.16 Å². The Balaban J connectivity index is 0.977. The van der Waals surface area contributed by atoms with Crippen LogP contribution in [0.4, 0.5) is 17.6 Å². The van der Waals surface area contributed by atoms with E-state index in [9.17, 15) is 14.4 Å². The molecule has 4 fully saturated rings. The first kappa shape index (κ1) is 30.1. The average Bonchev–Trinajstić information content (AvgIpc) is 3.54. The number of nitrogens with zero attached hydrogens (tertiary/aromatic N) is 4. The molecule has 2 aliphatic heterocycles. The Morgan fingerprint density at radius 3 is 2.20 bits per heavy atom. The molecule has 2 saturated heterocycles. The first-order valence-electron chi connectivity index (χ1n) is 16.3. The first-order chi connectivity index (χ1) is 19.3. The van der Waals surface area contributed by atoms with E-state index < -0.39 is 7.60 Å². The predicted octanol–water partition coefficient (Wildman–Crippen LogP) is 5.64. The minimum absolute atomic E-state index is 0.0764. The van der Waals surface area contributed by atoms with E-state index >= 15 is 0 Å². The summed E-state index contributed by atoms with van der Waals surface area (Å²) in [6, 6.07) is 2.46. The zero-order valence-electron chi connectivity index (χ0n) is 24.4. The highest BCUT2D eigenvalue weighted by atomic mass is 31.2. The Bertz CT molecular complexity index is 978. The van der Waals surface area contributed by atoms with Crippen LogP contribution in [0.1, 0.15) is 103 Å². The van der Waals surface area contributed by atoms with E-state index in [1.807, 2.05) is 6.07 Å². The minimum atomic E-state index is -3.96. The molecule has 5 N–H and O–H groups in total. The van der Waals surface area contributed by atoms with Crippen LogP contribution in [0, 0.1) is 17.8 Å². The van der Waals surface area contributed by atoms with E-state index in [1.165, 1.54) is 96.3 Å². The smallest absolute Gasteiger partial charge is 0.326 e. The number of rotatable bonds is 14. The summed E-state index contributed by atoms with van der Waals surface area (Å²) < 4.78 is 11.3. The monoisotopic (exact) mass is 576 g/mol. The topological polar surface area (TPSA) is 128 Å². The van der Waals surface area contributed by atoms with Crippen molar-refractivity contribution in [3.8, 4) is 0 Å². The molecule has 2 unspecified atom stereocenters. The number of aromatic nitrogens is 2. The molecule has 2 aliphatic carbocycles. The Kier molecular flexibility index (Phi) is 10.7. The summed E-state index contributed by atoms with van der Waals surface area (Å²) >= 11 is 0. The van der Waals surface area contributed by atoms with Gasteiger partial charge in [-0.05, 0) is 37.0 Å². The predicted molar refractivity (Wildman–Crippen MR) is 163 cm³/mol. The molecule has 2 bridgehead atoms. The lowest BCUT2D eigenvalue weighted by atomic mass is 9.79. The van der Waals surface area contributed by atoms with Crippen LogP contribution in [0.5, 0.6) is 0 Å². The number of hydrogen-bond donors (Lipinski definition) is 4. The van der Waals surface area contributed by atoms with Crippen LogP contribution in [0.3, 0.4) is 0 Å². The van der Waals surface area contributed by atoms with Gasteiger partial charge in [-0.25, -0.2) is 0 Å². The highest BCUT2D eigenvalue weighted by Crippen LogP contribution is 2.38. The fraction of sp³-hybridized carbons (Fsp3) is 0.867. The third kappa shape index (κ3) is 8.80. The van der Waals surface area contributed by atoms with Gasteiger partial charge in [-0.3, -0.25) is 9.46 Å². The second-order valence-corrected chi connectivity index (χ2v) is 15.1. The van der Waals surface area contributed by atoms with Gasteiger partial charge in [-0.2, -0.15) is 9.97 Å². The standard InChI is InChI=1S/C30H53N6O3P/c31-28-19-29(36-22-26-18-27(36)21-35(26)16-17-40(37,38)39)34-30(33-28)32-20-25-14-12-24(13-15-25)11-5-2-1-4-8-23-9-6-3-7-10-23/h19,23-27H,1-18,20-22H2,(H2,37,38,39)(H3,31,32,33,34). The summed E-state index contributed by atoms with van der Waals surface area (Å²) in [6.07, 6.45) is 22.2. The first-order valence-corrected chi connectivity index (χ1v) is 18.1. The number of piperazine rings is 1. The molecule has 40 heavy (non-hydrogen) atoms. The molecule has 4 aliphatic rings. The van der Waals surface area contributed by atoms with E-state index in [2.05, 4.69) is 20.1 Å². The summed E-state index contributed by atoms with van der Waals surface area (Å²) in [5.41, 5.74) is 6.17. The molecule has 0 aromatic carbocycles. The lowest BCUT2D eigenvalue weighted by molar-refractivity contribution is 0.246. The molecule has 0 spiro atoms. The van der Waals surface area contributed by atoms with Crippen molar-refractivity contribution in [2.24, 2.45) is 17.8 Å². The van der Waals surface area contributed by atoms with Crippen molar-refractivity contribution in [3.63, 3.8) is 0 Å². The molecule has 0 amide bonds. The van der Waals surface area contributed by atoms with Crippen LogP contribution in [0.2, 0.25) is 0 Å². The van der Waals surface area contributed by atoms with Crippen molar-refractivity contribution in [1.29, 1.82) is 0 Å². The van der Waals surface area contributed by atoms with Gasteiger partial charge in [0.1, 0.15) is 11.6 Å². The van der Waals surface area contributed by atoms with Gasteiger partial charge < -0.3 is 25.7 Å². The zero-order valence-corrected chi connectivity index (χ0v) is 25.3. The SMILES string of the molecule is Nc1cc(N2CC3CC2CN3CCP(=O)(O)O)nc(NCC2CCC(CCCCCCC3CCCCC3)CC2)n1. The van der Waals surface area contributed by atoms with Crippen LogP contribution < -0.4 is 16.0 Å². The van der Waals surface area contributed by atoms with Crippen molar-refractivity contribution < 1.29 is 14.4 Å². The lowest BCUT2D eigenvalue weighted by Crippen LogP contribution is -2.47. The third-order valence-corrected chi connectivity index (χ3v) is 11.1. The highest BCUT2D eigenvalue weighted by Gasteiger charge is 2.44. The fourth-order valence-electron chi connectivity index (χ4n) is 7.90. The largest absolute Gasteiger partial charge is 0.383 e. The van der Waals surface area contributed by atoms with Crippen LogP contribution in [-0.4, -0.2) is 69.1 Å². The van der Waals surface area contributed by atoms with Gasteiger partial charge in [0, 0.05) is 44.3 Å². The Morgan fingerprint density at radius 2 is 1.55 bits per heavy atom. The minimum Gasteiger partial charge on any atom is -0.383 e. The molecule has 2 saturated carbocycles. The maximum atomic E-state index is 11.3. The highest BCUT2D eigenvalue weighted by molar-refractivity contribution is 7.51. The van der Waals surface area contributed by atoms with Crippen molar-refractivity contribution in [2.45, 2.75) is 115 Å². The second-order valence-electron chi connectivity index (χ2n) is 13.3. The van der Waals surface area contributed by atoms with Gasteiger partial charge in [0.05, 0.1) is 6.16 Å². The number of nitrogen functional groups attached to an aromatic ring is 1. The molecule has 5 rings (SSSR count). The summed E-state index contributed by atoms with van der Waals surface area (Å²) in [4.78, 5) is 32.2. The van der Waals surface area contributed by atoms with Crippen LogP contribution in [0.15, 0.2) is 6.07 Å². The summed E-state index contributed by atoms with van der Waals surface area (Å²) in [5, 5.41) is 3.49. The molecule has 1 aromatic heterocycles. The summed E-state index contributed by atoms with van der Waals surface area (Å²) in [5.74, 6) is 4.59. The Labute approximate surface area is 241 Å². The molecule has 10 heteroatoms. The molecular weight excluding hydrogens is 523 g/mol. The molecule has 9 nitrogen and oxygen atoms in total. The van der Waals surface area contributed by atoms with Crippen LogP contribution in [0.25, 0.3) is 0 Å². The van der Waals surface area contributed by atoms with E-state index in [4.69, 9.17) is 10.7 Å². The summed E-state index contributed by atoms with van der Waals surface area (Å²) in [6.45, 7) is 2.97. The van der Waals surface area contributed by atoms with Crippen molar-refractivity contribution in [1.82, 2.24) is 14.9 Å². The number of hydrogen-bond acceptors (Lipinski definition) is 7. The fourth-order valence-corrected chi connectivity index (χ4v) is 8.41. The van der Waals surface area contributed by atoms with Gasteiger partial charge in [0.15, 0.2) is 0 Å². The number of nitrogens with one attached hydrogen (secondary N) is 1. The van der Waals surface area contributed by atoms with Crippen LogP contribution in [-0.2, 0) is 4.57 Å². The third-order valence-electron chi connectivity index (χ3n) is 10.3. The number of fused-ring (bicyclic) bond motifs is 2. The number of anilines is 3. The van der Waals surface area contributed by atoms with Gasteiger partial charge in [-0.1, -0.05) is 83.5 Å². The number of unbranched alkanes of at least 4 members (excludes halogenated alkanes) is 3. The quantitative estimate of drug-likeness (QED) is 0.164. The molecular formula is C30H53N6O3P. The van der Waals surface area contributed by atoms with Gasteiger partial charge in [0.2, 0.25) is 5.95 Å². The molecule has 3 heterocycles. The van der Waals surface area contributed by atoms with E-state index in [0.29, 0.717) is 36.3 Å². The maximum Gasteiger partial charge on any atom is 0.326 e. The van der Waals surface area contributed by atoms with Gasteiger partial charge >= 0.3 is 7.60 Å². The molecule has 226 valence electrons. The lowest BCUT2D eigenvalue weighted by Gasteiger charge is -2.35. The normalized spacial score (nSPS) is 27.9. The molecule has 0 radical (unpaired) electrons. The second kappa shape index (κ2) is 14.2. The van der Waals surface area contributed by atoms with Crippen molar-refractivity contribution in [2.75, 3.05) is 48.3 Å². The van der Waals surface area contributed by atoms with Gasteiger partial charge in [-0.15, -0.1) is 0 Å².